The molecule has 1 heterocycles. The summed E-state index contributed by atoms with van der Waals surface area (Å²) in [5, 5.41) is 17.5. The Morgan fingerprint density at radius 1 is 1.03 bits per heavy atom. The van der Waals surface area contributed by atoms with Gasteiger partial charge in [-0.2, -0.15) is 11.8 Å². The number of rotatable bonds is 18. The number of hydrogen-bond acceptors (Lipinski definition) is 8. The molecule has 0 saturated carbocycles. The average molecular weight is 528 g/mol. The number of aromatic amines is 1. The number of hydrogen-bond donors (Lipinski definition) is 7. The van der Waals surface area contributed by atoms with Crippen molar-refractivity contribution in [2.45, 2.75) is 76.5 Å². The summed E-state index contributed by atoms with van der Waals surface area (Å²) in [6.45, 7) is 4.34. The molecule has 0 fully saturated rings. The first kappa shape index (κ1) is 31.4. The monoisotopic (exact) mass is 527 g/mol. The van der Waals surface area contributed by atoms with Gasteiger partial charge in [-0.25, -0.2) is 9.78 Å². The number of nitrogens with one attached hydrogen (secondary N) is 4. The minimum absolute atomic E-state index is 0.0122. The molecule has 3 amide bonds. The number of H-pyrrole nitrogens is 1. The lowest BCUT2D eigenvalue weighted by atomic mass is 10.0. The van der Waals surface area contributed by atoms with E-state index in [1.54, 1.807) is 0 Å². The fraction of sp³-hybridized carbons (Fsp3) is 0.696. The quantitative estimate of drug-likeness (QED) is 0.125. The van der Waals surface area contributed by atoms with E-state index in [-0.39, 0.29) is 18.8 Å². The van der Waals surface area contributed by atoms with Crippen molar-refractivity contribution < 1.29 is 24.3 Å². The smallest absolute Gasteiger partial charge is 0.326 e. The van der Waals surface area contributed by atoms with Crippen molar-refractivity contribution in [2.24, 2.45) is 17.4 Å². The van der Waals surface area contributed by atoms with Gasteiger partial charge in [0.25, 0.3) is 0 Å². The van der Waals surface area contributed by atoms with Gasteiger partial charge in [-0.15, -0.1) is 0 Å². The molecular weight excluding hydrogens is 486 g/mol. The molecule has 12 nitrogen and oxygen atoms in total. The summed E-state index contributed by atoms with van der Waals surface area (Å²) in [7, 11) is 0. The molecule has 1 rings (SSSR count). The molecule has 4 unspecified atom stereocenters. The second kappa shape index (κ2) is 16.9. The normalized spacial score (nSPS) is 14.5. The van der Waals surface area contributed by atoms with Crippen LogP contribution in [0.4, 0.5) is 0 Å². The first-order valence-electron chi connectivity index (χ1n) is 12.1. The minimum atomic E-state index is -1.21. The molecule has 13 heteroatoms. The van der Waals surface area contributed by atoms with Crippen LogP contribution < -0.4 is 27.4 Å². The third-order valence-electron chi connectivity index (χ3n) is 5.48. The highest BCUT2D eigenvalue weighted by atomic mass is 32.2. The van der Waals surface area contributed by atoms with E-state index in [2.05, 4.69) is 25.9 Å². The fourth-order valence-corrected chi connectivity index (χ4v) is 3.96. The molecule has 1 aromatic rings. The Kier molecular flexibility index (Phi) is 14.8. The molecule has 4 atom stereocenters. The number of carbonyl (C=O) groups excluding carboxylic acids is 3. The summed E-state index contributed by atoms with van der Waals surface area (Å²) in [6, 6.07) is -3.83. The summed E-state index contributed by atoms with van der Waals surface area (Å²) >= 11 is 1.49. The first-order valence-corrected chi connectivity index (χ1v) is 13.5. The number of aliphatic carboxylic acids is 1. The molecule has 204 valence electrons. The van der Waals surface area contributed by atoms with Crippen LogP contribution in [0.5, 0.6) is 0 Å². The van der Waals surface area contributed by atoms with Crippen LogP contribution in [-0.4, -0.2) is 81.5 Å². The van der Waals surface area contributed by atoms with Gasteiger partial charge in [0.2, 0.25) is 17.7 Å². The van der Waals surface area contributed by atoms with Gasteiger partial charge in [-0.05, 0) is 50.2 Å². The molecule has 0 aliphatic heterocycles. The van der Waals surface area contributed by atoms with Crippen molar-refractivity contribution in [2.75, 3.05) is 18.6 Å². The van der Waals surface area contributed by atoms with Crippen LogP contribution in [0.1, 0.15) is 51.6 Å². The summed E-state index contributed by atoms with van der Waals surface area (Å²) < 4.78 is 0. The Morgan fingerprint density at radius 2 is 1.67 bits per heavy atom. The van der Waals surface area contributed by atoms with Gasteiger partial charge in [0.1, 0.15) is 18.1 Å². The van der Waals surface area contributed by atoms with Crippen molar-refractivity contribution in [1.82, 2.24) is 25.9 Å². The van der Waals surface area contributed by atoms with Gasteiger partial charge in [-0.3, -0.25) is 14.4 Å². The van der Waals surface area contributed by atoms with Gasteiger partial charge < -0.3 is 37.5 Å². The summed E-state index contributed by atoms with van der Waals surface area (Å²) in [5.41, 5.74) is 12.0. The van der Waals surface area contributed by atoms with Crippen molar-refractivity contribution in [3.05, 3.63) is 18.2 Å². The fourth-order valence-electron chi connectivity index (χ4n) is 3.49. The second-order valence-electron chi connectivity index (χ2n) is 9.10. The maximum absolute atomic E-state index is 13.2. The van der Waals surface area contributed by atoms with Gasteiger partial charge in [0.05, 0.1) is 12.4 Å². The molecule has 0 bridgehead atoms. The zero-order valence-electron chi connectivity index (χ0n) is 21.3. The SMILES string of the molecule is CSCCC(NC(=O)C(CC(C)C)NC(=O)C(N)CCCCN)C(=O)NC(Cc1cnc[nH]1)C(=O)O. The summed E-state index contributed by atoms with van der Waals surface area (Å²) in [4.78, 5) is 57.1. The third kappa shape index (κ3) is 11.9. The summed E-state index contributed by atoms with van der Waals surface area (Å²) in [6.07, 6.45) is 7.32. The van der Waals surface area contributed by atoms with E-state index in [1.807, 2.05) is 20.1 Å². The van der Waals surface area contributed by atoms with Crippen LogP contribution in [0.2, 0.25) is 0 Å². The molecule has 0 aliphatic carbocycles. The lowest BCUT2D eigenvalue weighted by Crippen LogP contribution is -2.57. The van der Waals surface area contributed by atoms with E-state index in [1.165, 1.54) is 24.3 Å². The number of amides is 3. The van der Waals surface area contributed by atoms with Gasteiger partial charge in [-0.1, -0.05) is 20.3 Å². The highest BCUT2D eigenvalue weighted by molar-refractivity contribution is 7.98. The van der Waals surface area contributed by atoms with Gasteiger partial charge >= 0.3 is 5.97 Å². The number of imidazole rings is 1. The Bertz CT molecular complexity index is 822. The van der Waals surface area contributed by atoms with Crippen molar-refractivity contribution in [3.63, 3.8) is 0 Å². The lowest BCUT2D eigenvalue weighted by Gasteiger charge is -2.26. The Morgan fingerprint density at radius 3 is 2.22 bits per heavy atom. The third-order valence-corrected chi connectivity index (χ3v) is 6.13. The van der Waals surface area contributed by atoms with Crippen LogP contribution >= 0.6 is 11.8 Å². The number of aromatic nitrogens is 2. The highest BCUT2D eigenvalue weighted by Gasteiger charge is 2.30. The average Bonchev–Trinajstić information content (AvgIpc) is 3.33. The van der Waals surface area contributed by atoms with E-state index < -0.39 is 47.9 Å². The van der Waals surface area contributed by atoms with Crippen molar-refractivity contribution >= 4 is 35.5 Å². The number of carboxylic acids is 1. The van der Waals surface area contributed by atoms with Crippen LogP contribution in [0.15, 0.2) is 12.5 Å². The molecular formula is C23H41N7O5S. The zero-order chi connectivity index (χ0) is 27.1. The topological polar surface area (TPSA) is 205 Å². The van der Waals surface area contributed by atoms with Gasteiger partial charge in [0, 0.05) is 18.3 Å². The Hall–Kier alpha value is -2.64. The van der Waals surface area contributed by atoms with Crippen LogP contribution in [0, 0.1) is 5.92 Å². The minimum Gasteiger partial charge on any atom is -0.480 e. The standard InChI is InChI=1S/C23H41N7O5S/c1-14(2)10-18(29-20(31)16(25)6-4-5-8-24)22(33)28-17(7-9-36-3)21(32)30-19(23(34)35)11-15-12-26-13-27-15/h12-14,16-19H,4-11,24-25H2,1-3H3,(H,26,27)(H,28,33)(H,29,31)(H,30,32)(H,34,35). The maximum atomic E-state index is 13.2. The largest absolute Gasteiger partial charge is 0.480 e. The predicted molar refractivity (Wildman–Crippen MR) is 139 cm³/mol. The zero-order valence-corrected chi connectivity index (χ0v) is 22.1. The van der Waals surface area contributed by atoms with Crippen LogP contribution in [0.3, 0.4) is 0 Å². The Balaban J connectivity index is 2.91. The number of carbonyl (C=O) groups is 4. The highest BCUT2D eigenvalue weighted by Crippen LogP contribution is 2.09. The van der Waals surface area contributed by atoms with Crippen molar-refractivity contribution in [3.8, 4) is 0 Å². The lowest BCUT2D eigenvalue weighted by molar-refractivity contribution is -0.142. The van der Waals surface area contributed by atoms with E-state index in [9.17, 15) is 24.3 Å². The summed E-state index contributed by atoms with van der Waals surface area (Å²) in [5.74, 6) is -2.14. The van der Waals surface area contributed by atoms with E-state index in [4.69, 9.17) is 11.5 Å². The molecule has 1 aromatic heterocycles. The number of nitrogens with two attached hydrogens (primary N) is 2. The number of carboxylic acid groups (broad SMARTS) is 1. The van der Waals surface area contributed by atoms with E-state index in [0.29, 0.717) is 37.3 Å². The van der Waals surface area contributed by atoms with Gasteiger partial charge in [0.15, 0.2) is 0 Å². The molecule has 0 radical (unpaired) electrons. The molecule has 0 aliphatic rings. The second-order valence-corrected chi connectivity index (χ2v) is 10.1. The maximum Gasteiger partial charge on any atom is 0.326 e. The Labute approximate surface area is 216 Å². The molecule has 0 saturated heterocycles. The molecule has 36 heavy (non-hydrogen) atoms. The van der Waals surface area contributed by atoms with Crippen LogP contribution in [0.25, 0.3) is 0 Å². The van der Waals surface area contributed by atoms with Crippen LogP contribution in [-0.2, 0) is 25.6 Å². The van der Waals surface area contributed by atoms with E-state index >= 15 is 0 Å². The number of thioether (sulfide) groups is 1. The first-order chi connectivity index (χ1) is 17.1. The van der Waals surface area contributed by atoms with Crippen molar-refractivity contribution in [1.29, 1.82) is 0 Å². The molecule has 9 N–H and O–H groups in total. The molecule has 0 spiro atoms. The van der Waals surface area contributed by atoms with E-state index in [0.717, 1.165) is 6.42 Å². The number of unbranched alkanes of at least 4 members (excludes halogenated alkanes) is 1. The number of nitrogens with zero attached hydrogens (tertiary/aromatic N) is 1. The predicted octanol–water partition coefficient (Wildman–Crippen LogP) is -0.253. The molecule has 0 aromatic carbocycles.